The molecule has 0 unspecified atom stereocenters. The van der Waals surface area contributed by atoms with Crippen molar-refractivity contribution in [2.75, 3.05) is 21.3 Å². The molecule has 1 aromatic heterocycles. The standard InChI is InChI=1S/C27H24ClN3O6/c1-34-21-13-23(33)27(26(14-21)36-3)22(32)10-4-17-5-11-24(35-2)25(12-17)37-16-19-15-31(30-29-19)20-8-6-18(28)7-9-20/h4-15,33H,16H2,1-3H3/b10-4+. The maximum absolute atomic E-state index is 12.8. The number of aromatic nitrogens is 3. The maximum Gasteiger partial charge on any atom is 0.193 e. The van der Waals surface area contributed by atoms with Crippen molar-refractivity contribution in [3.8, 4) is 34.4 Å². The van der Waals surface area contributed by atoms with E-state index in [2.05, 4.69) is 10.3 Å². The number of methoxy groups -OCH3 is 3. The highest BCUT2D eigenvalue weighted by atomic mass is 35.5. The zero-order valence-corrected chi connectivity index (χ0v) is 21.1. The number of nitrogens with zero attached hydrogens (tertiary/aromatic N) is 3. The molecule has 0 aliphatic carbocycles. The van der Waals surface area contributed by atoms with Crippen LogP contribution in [-0.2, 0) is 6.61 Å². The number of carbonyl (C=O) groups excluding carboxylic acids is 1. The first-order chi connectivity index (χ1) is 17.9. The summed E-state index contributed by atoms with van der Waals surface area (Å²) in [6.45, 7) is 0.146. The number of aromatic hydroxyl groups is 1. The number of ether oxygens (including phenoxy) is 4. The van der Waals surface area contributed by atoms with E-state index in [-0.39, 0.29) is 23.7 Å². The van der Waals surface area contributed by atoms with Crippen molar-refractivity contribution in [1.82, 2.24) is 15.0 Å². The number of hydrogen-bond acceptors (Lipinski definition) is 8. The molecule has 0 atom stereocenters. The van der Waals surface area contributed by atoms with Gasteiger partial charge < -0.3 is 24.1 Å². The van der Waals surface area contributed by atoms with Gasteiger partial charge in [0.1, 0.15) is 35.1 Å². The zero-order valence-electron chi connectivity index (χ0n) is 20.3. The van der Waals surface area contributed by atoms with E-state index in [0.29, 0.717) is 33.5 Å². The van der Waals surface area contributed by atoms with Gasteiger partial charge in [0, 0.05) is 17.2 Å². The molecule has 10 heteroatoms. The van der Waals surface area contributed by atoms with Crippen molar-refractivity contribution in [3.05, 3.63) is 88.7 Å². The van der Waals surface area contributed by atoms with E-state index in [4.69, 9.17) is 30.5 Å². The zero-order chi connectivity index (χ0) is 26.4. The minimum atomic E-state index is -0.436. The van der Waals surface area contributed by atoms with Crippen molar-refractivity contribution in [3.63, 3.8) is 0 Å². The van der Waals surface area contributed by atoms with Gasteiger partial charge in [0.05, 0.1) is 33.2 Å². The lowest BCUT2D eigenvalue weighted by atomic mass is 10.1. The highest BCUT2D eigenvalue weighted by Gasteiger charge is 2.17. The van der Waals surface area contributed by atoms with Gasteiger partial charge in [-0.25, -0.2) is 4.68 Å². The van der Waals surface area contributed by atoms with Gasteiger partial charge in [-0.2, -0.15) is 0 Å². The SMILES string of the molecule is COc1cc(O)c(C(=O)/C=C/c2ccc(OC)c(OCc3cn(-c4ccc(Cl)cc4)nn3)c2)c(OC)c1. The molecule has 1 heterocycles. The molecule has 190 valence electrons. The fourth-order valence-corrected chi connectivity index (χ4v) is 3.63. The molecular formula is C27H24ClN3O6. The van der Waals surface area contributed by atoms with E-state index < -0.39 is 5.78 Å². The number of halogens is 1. The van der Waals surface area contributed by atoms with Crippen molar-refractivity contribution in [2.45, 2.75) is 6.61 Å². The third-order valence-corrected chi connectivity index (χ3v) is 5.63. The lowest BCUT2D eigenvalue weighted by Crippen LogP contribution is -2.01. The third kappa shape index (κ3) is 6.02. The molecule has 0 bridgehead atoms. The van der Waals surface area contributed by atoms with Crippen LogP contribution >= 0.6 is 11.6 Å². The summed E-state index contributed by atoms with van der Waals surface area (Å²) in [5, 5.41) is 19.2. The normalized spacial score (nSPS) is 10.9. The van der Waals surface area contributed by atoms with Crippen LogP contribution in [0, 0.1) is 0 Å². The summed E-state index contributed by atoms with van der Waals surface area (Å²) in [6.07, 6.45) is 4.70. The highest BCUT2D eigenvalue weighted by Crippen LogP contribution is 2.34. The number of benzene rings is 3. The molecule has 9 nitrogen and oxygen atoms in total. The quantitative estimate of drug-likeness (QED) is 0.226. The summed E-state index contributed by atoms with van der Waals surface area (Å²) in [6, 6.07) is 15.3. The molecule has 0 saturated heterocycles. The Morgan fingerprint density at radius 3 is 2.43 bits per heavy atom. The van der Waals surface area contributed by atoms with E-state index >= 15 is 0 Å². The summed E-state index contributed by atoms with van der Waals surface area (Å²) in [4.78, 5) is 12.8. The van der Waals surface area contributed by atoms with Gasteiger partial charge in [0.25, 0.3) is 0 Å². The minimum Gasteiger partial charge on any atom is -0.507 e. The van der Waals surface area contributed by atoms with Gasteiger partial charge in [0.15, 0.2) is 17.3 Å². The lowest BCUT2D eigenvalue weighted by Gasteiger charge is -2.11. The van der Waals surface area contributed by atoms with E-state index in [1.54, 1.807) is 47.3 Å². The molecule has 0 saturated carbocycles. The van der Waals surface area contributed by atoms with Crippen LogP contribution in [0.15, 0.2) is 66.9 Å². The van der Waals surface area contributed by atoms with Crippen molar-refractivity contribution in [2.24, 2.45) is 0 Å². The second-order valence-corrected chi connectivity index (χ2v) is 8.19. The van der Waals surface area contributed by atoms with Gasteiger partial charge in [-0.15, -0.1) is 5.10 Å². The van der Waals surface area contributed by atoms with Crippen LogP contribution in [0.4, 0.5) is 0 Å². The molecule has 4 rings (SSSR count). The number of hydrogen-bond donors (Lipinski definition) is 1. The van der Waals surface area contributed by atoms with Gasteiger partial charge in [-0.3, -0.25) is 4.79 Å². The molecule has 1 N–H and O–H groups in total. The molecular weight excluding hydrogens is 498 g/mol. The van der Waals surface area contributed by atoms with E-state index in [9.17, 15) is 9.90 Å². The molecule has 0 aliphatic rings. The Morgan fingerprint density at radius 2 is 1.73 bits per heavy atom. The predicted octanol–water partition coefficient (Wildman–Crippen LogP) is 5.13. The van der Waals surface area contributed by atoms with Crippen LogP contribution in [0.3, 0.4) is 0 Å². The number of allylic oxidation sites excluding steroid dienone is 1. The minimum absolute atomic E-state index is 0.0355. The Labute approximate surface area is 218 Å². The molecule has 0 spiro atoms. The second-order valence-electron chi connectivity index (χ2n) is 7.75. The summed E-state index contributed by atoms with van der Waals surface area (Å²) < 4.78 is 23.3. The van der Waals surface area contributed by atoms with E-state index in [1.165, 1.54) is 39.5 Å². The second kappa shape index (κ2) is 11.5. The smallest absolute Gasteiger partial charge is 0.193 e. The van der Waals surface area contributed by atoms with Crippen molar-refractivity contribution >= 4 is 23.5 Å². The van der Waals surface area contributed by atoms with E-state index in [1.807, 2.05) is 12.1 Å². The van der Waals surface area contributed by atoms with E-state index in [0.717, 1.165) is 5.69 Å². The Balaban J connectivity index is 1.49. The Hall–Kier alpha value is -4.50. The van der Waals surface area contributed by atoms with Gasteiger partial charge in [0.2, 0.25) is 0 Å². The molecule has 4 aromatic rings. The Bertz CT molecular complexity index is 1430. The Morgan fingerprint density at radius 1 is 0.973 bits per heavy atom. The third-order valence-electron chi connectivity index (χ3n) is 5.38. The first kappa shape index (κ1) is 25.6. The summed E-state index contributed by atoms with van der Waals surface area (Å²) in [7, 11) is 4.41. The first-order valence-corrected chi connectivity index (χ1v) is 11.4. The van der Waals surface area contributed by atoms with Crippen molar-refractivity contribution < 1.29 is 28.8 Å². The van der Waals surface area contributed by atoms with Crippen LogP contribution in [0.1, 0.15) is 21.6 Å². The monoisotopic (exact) mass is 521 g/mol. The highest BCUT2D eigenvalue weighted by molar-refractivity contribution is 6.30. The number of rotatable bonds is 10. The summed E-state index contributed by atoms with van der Waals surface area (Å²) >= 11 is 5.94. The molecule has 0 aliphatic heterocycles. The van der Waals surface area contributed by atoms with Crippen LogP contribution in [0.2, 0.25) is 5.02 Å². The fraction of sp³-hybridized carbons (Fsp3) is 0.148. The summed E-state index contributed by atoms with van der Waals surface area (Å²) in [5.41, 5.74) is 2.14. The maximum atomic E-state index is 12.8. The molecule has 0 amide bonds. The van der Waals surface area contributed by atoms with Crippen LogP contribution in [-0.4, -0.2) is 47.2 Å². The number of ketones is 1. The average molecular weight is 522 g/mol. The van der Waals surface area contributed by atoms with Gasteiger partial charge in [-0.05, 0) is 48.0 Å². The van der Waals surface area contributed by atoms with Crippen LogP contribution in [0.25, 0.3) is 11.8 Å². The average Bonchev–Trinajstić information content (AvgIpc) is 3.39. The fourth-order valence-electron chi connectivity index (χ4n) is 3.50. The predicted molar refractivity (Wildman–Crippen MR) is 138 cm³/mol. The van der Waals surface area contributed by atoms with Crippen LogP contribution < -0.4 is 18.9 Å². The van der Waals surface area contributed by atoms with Crippen molar-refractivity contribution in [1.29, 1.82) is 0 Å². The number of phenols is 1. The molecule has 0 fully saturated rings. The van der Waals surface area contributed by atoms with Crippen LogP contribution in [0.5, 0.6) is 28.7 Å². The molecule has 37 heavy (non-hydrogen) atoms. The number of carbonyl (C=O) groups is 1. The topological polar surface area (TPSA) is 105 Å². The lowest BCUT2D eigenvalue weighted by molar-refractivity contribution is 0.104. The summed E-state index contributed by atoms with van der Waals surface area (Å²) in [5.74, 6) is 0.883. The molecule has 3 aromatic carbocycles. The van der Waals surface area contributed by atoms with Gasteiger partial charge in [-0.1, -0.05) is 29.0 Å². The first-order valence-electron chi connectivity index (χ1n) is 11.1. The number of phenolic OH excluding ortho intramolecular Hbond substituents is 1. The Kier molecular flexibility index (Phi) is 7.95. The van der Waals surface area contributed by atoms with Gasteiger partial charge >= 0.3 is 0 Å². The largest absolute Gasteiger partial charge is 0.507 e. The molecule has 0 radical (unpaired) electrons.